The molecule has 0 aliphatic rings. The first-order valence-electron chi connectivity index (χ1n) is 7.04. The Morgan fingerprint density at radius 1 is 1.25 bits per heavy atom. The van der Waals surface area contributed by atoms with Crippen LogP contribution in [0.2, 0.25) is 0 Å². The summed E-state index contributed by atoms with van der Waals surface area (Å²) in [6.07, 6.45) is 2.13. The number of rotatable bonds is 5. The predicted molar refractivity (Wildman–Crippen MR) is 88.5 cm³/mol. The van der Waals surface area contributed by atoms with Crippen LogP contribution in [0.5, 0.6) is 0 Å². The van der Waals surface area contributed by atoms with Crippen LogP contribution in [0.3, 0.4) is 0 Å². The van der Waals surface area contributed by atoms with Crippen molar-refractivity contribution in [1.82, 2.24) is 0 Å². The van der Waals surface area contributed by atoms with Gasteiger partial charge in [-0.2, -0.15) is 5.26 Å². The van der Waals surface area contributed by atoms with E-state index < -0.39 is 15.8 Å². The molecule has 0 saturated carbocycles. The van der Waals surface area contributed by atoms with Crippen molar-refractivity contribution in [3.63, 3.8) is 0 Å². The van der Waals surface area contributed by atoms with Crippen LogP contribution in [0.4, 0.5) is 0 Å². The van der Waals surface area contributed by atoms with Crippen LogP contribution in [-0.2, 0) is 14.6 Å². The Hall–Kier alpha value is -2.85. The summed E-state index contributed by atoms with van der Waals surface area (Å²) in [4.78, 5) is 11.2. The molecule has 0 fully saturated rings. The summed E-state index contributed by atoms with van der Waals surface area (Å²) in [6, 6.07) is 11.5. The summed E-state index contributed by atoms with van der Waals surface area (Å²) in [7, 11) is -3.60. The molecule has 0 radical (unpaired) electrons. The van der Waals surface area contributed by atoms with E-state index in [4.69, 9.17) is 14.4 Å². The second-order valence-electron chi connectivity index (χ2n) is 4.89. The van der Waals surface area contributed by atoms with Crippen molar-refractivity contribution in [2.24, 2.45) is 0 Å². The van der Waals surface area contributed by atoms with Crippen molar-refractivity contribution >= 4 is 21.9 Å². The molecule has 0 aliphatic carbocycles. The van der Waals surface area contributed by atoms with Gasteiger partial charge in [0.25, 0.3) is 0 Å². The van der Waals surface area contributed by atoms with Gasteiger partial charge in [0, 0.05) is 17.9 Å². The van der Waals surface area contributed by atoms with Gasteiger partial charge in [0.1, 0.15) is 22.5 Å². The lowest BCUT2D eigenvalue weighted by molar-refractivity contribution is 0.0526. The topological polar surface area (TPSA) is 97.4 Å². The van der Waals surface area contributed by atoms with Crippen LogP contribution in [0, 0.1) is 11.3 Å². The highest BCUT2D eigenvalue weighted by atomic mass is 32.2. The van der Waals surface area contributed by atoms with Gasteiger partial charge in [0.15, 0.2) is 9.84 Å². The lowest BCUT2D eigenvalue weighted by Crippen LogP contribution is -2.03. The van der Waals surface area contributed by atoms with Crippen molar-refractivity contribution in [2.45, 2.75) is 6.92 Å². The van der Waals surface area contributed by atoms with Crippen LogP contribution in [0.1, 0.15) is 23.0 Å². The Balaban J connectivity index is 2.27. The molecule has 2 rings (SSSR count). The maximum Gasteiger partial charge on any atom is 0.338 e. The molecule has 24 heavy (non-hydrogen) atoms. The highest BCUT2D eigenvalue weighted by molar-refractivity contribution is 7.95. The number of furan rings is 1. The van der Waals surface area contributed by atoms with Crippen molar-refractivity contribution in [1.29, 1.82) is 5.26 Å². The number of carbonyl (C=O) groups excluding carboxylic acids is 1. The molecule has 124 valence electrons. The van der Waals surface area contributed by atoms with Gasteiger partial charge in [-0.1, -0.05) is 12.1 Å². The lowest BCUT2D eigenvalue weighted by Gasteiger charge is -2.02. The first-order valence-corrected chi connectivity index (χ1v) is 8.93. The third-order valence-corrected chi connectivity index (χ3v) is 4.10. The van der Waals surface area contributed by atoms with Gasteiger partial charge in [-0.15, -0.1) is 0 Å². The summed E-state index contributed by atoms with van der Waals surface area (Å²) in [6.45, 7) is 2.03. The molecule has 7 heteroatoms. The average molecular weight is 345 g/mol. The van der Waals surface area contributed by atoms with E-state index in [0.717, 1.165) is 6.26 Å². The molecule has 0 saturated heterocycles. The number of hydrogen-bond donors (Lipinski definition) is 0. The second kappa shape index (κ2) is 7.15. The molecule has 6 nitrogen and oxygen atoms in total. The molecule has 1 aromatic heterocycles. The van der Waals surface area contributed by atoms with Crippen LogP contribution in [0.25, 0.3) is 17.4 Å². The fourth-order valence-electron chi connectivity index (χ4n) is 1.92. The fraction of sp³-hybridized carbons (Fsp3) is 0.176. The van der Waals surface area contributed by atoms with Gasteiger partial charge in [0.05, 0.1) is 12.2 Å². The molecule has 0 bridgehead atoms. The normalized spacial score (nSPS) is 11.8. The molecule has 0 unspecified atom stereocenters. The van der Waals surface area contributed by atoms with Crippen LogP contribution in [-0.4, -0.2) is 27.2 Å². The number of esters is 1. The third kappa shape index (κ3) is 4.12. The molecule has 0 N–H and O–H groups in total. The summed E-state index contributed by atoms with van der Waals surface area (Å²) < 4.78 is 33.3. The van der Waals surface area contributed by atoms with E-state index in [1.165, 1.54) is 6.08 Å². The van der Waals surface area contributed by atoms with E-state index in [0.29, 0.717) is 23.5 Å². The number of nitriles is 1. The smallest absolute Gasteiger partial charge is 0.338 e. The molecule has 0 amide bonds. The first kappa shape index (κ1) is 17.5. The average Bonchev–Trinajstić information content (AvgIpc) is 3.00. The summed E-state index contributed by atoms with van der Waals surface area (Å²) in [5.74, 6) is 0.336. The second-order valence-corrected chi connectivity index (χ2v) is 6.88. The number of allylic oxidation sites excluding steroid dienone is 1. The third-order valence-electron chi connectivity index (χ3n) is 3.09. The largest absolute Gasteiger partial charge is 0.462 e. The maximum atomic E-state index is 11.6. The highest BCUT2D eigenvalue weighted by Gasteiger charge is 2.13. The van der Waals surface area contributed by atoms with E-state index in [2.05, 4.69) is 0 Å². The van der Waals surface area contributed by atoms with Crippen LogP contribution >= 0.6 is 0 Å². The lowest BCUT2D eigenvalue weighted by atomic mass is 10.1. The molecule has 0 atom stereocenters. The maximum absolute atomic E-state index is 11.6. The number of nitrogens with zero attached hydrogens (tertiary/aromatic N) is 1. The zero-order chi connectivity index (χ0) is 17.7. The predicted octanol–water partition coefficient (Wildman–Crippen LogP) is 3.03. The van der Waals surface area contributed by atoms with Gasteiger partial charge in [0.2, 0.25) is 0 Å². The SMILES string of the molecule is CCOC(=O)c1ccc(-c2ccc(/C=C(/C#N)S(C)(=O)=O)o2)cc1. The van der Waals surface area contributed by atoms with Crippen LogP contribution in [0.15, 0.2) is 45.7 Å². The van der Waals surface area contributed by atoms with Crippen LogP contribution < -0.4 is 0 Å². The molecule has 1 heterocycles. The van der Waals surface area contributed by atoms with Crippen molar-refractivity contribution in [3.05, 3.63) is 52.6 Å². The number of carbonyl (C=O) groups is 1. The van der Waals surface area contributed by atoms with Gasteiger partial charge in [-0.3, -0.25) is 0 Å². The Labute approximate surface area is 139 Å². The van der Waals surface area contributed by atoms with Crippen molar-refractivity contribution in [3.8, 4) is 17.4 Å². The minimum atomic E-state index is -3.60. The van der Waals surface area contributed by atoms with Crippen molar-refractivity contribution in [2.75, 3.05) is 12.9 Å². The zero-order valence-corrected chi connectivity index (χ0v) is 14.0. The Kier molecular flexibility index (Phi) is 5.21. The first-order chi connectivity index (χ1) is 11.3. The summed E-state index contributed by atoms with van der Waals surface area (Å²) in [5.41, 5.74) is 1.14. The molecular weight excluding hydrogens is 330 g/mol. The monoisotopic (exact) mass is 345 g/mol. The highest BCUT2D eigenvalue weighted by Crippen LogP contribution is 2.24. The Bertz CT molecular complexity index is 915. The molecular formula is C17H15NO5S. The quantitative estimate of drug-likeness (QED) is 0.610. The summed E-state index contributed by atoms with van der Waals surface area (Å²) in [5, 5.41) is 8.89. The molecule has 0 spiro atoms. The Morgan fingerprint density at radius 2 is 1.92 bits per heavy atom. The van der Waals surface area contributed by atoms with Crippen molar-refractivity contribution < 1.29 is 22.4 Å². The standard InChI is InChI=1S/C17H15NO5S/c1-3-22-17(19)13-6-4-12(5-7-13)16-9-8-14(23-16)10-15(11-18)24(2,20)21/h4-10H,3H2,1-2H3/b15-10-. The fourth-order valence-corrected chi connectivity index (χ4v) is 2.42. The van der Waals surface area contributed by atoms with Gasteiger partial charge in [-0.05, 0) is 31.2 Å². The van der Waals surface area contributed by atoms with E-state index in [9.17, 15) is 13.2 Å². The van der Waals surface area contributed by atoms with E-state index in [1.807, 2.05) is 0 Å². The molecule has 0 aliphatic heterocycles. The molecule has 1 aromatic carbocycles. The summed E-state index contributed by atoms with van der Waals surface area (Å²) >= 11 is 0. The van der Waals surface area contributed by atoms with Gasteiger partial charge in [-0.25, -0.2) is 13.2 Å². The minimum Gasteiger partial charge on any atom is -0.462 e. The number of ether oxygens (including phenoxy) is 1. The number of sulfone groups is 1. The molecule has 2 aromatic rings. The number of hydrogen-bond acceptors (Lipinski definition) is 6. The van der Waals surface area contributed by atoms with Gasteiger partial charge >= 0.3 is 5.97 Å². The zero-order valence-electron chi connectivity index (χ0n) is 13.1. The van der Waals surface area contributed by atoms with E-state index in [-0.39, 0.29) is 10.7 Å². The van der Waals surface area contributed by atoms with E-state index in [1.54, 1.807) is 49.4 Å². The van der Waals surface area contributed by atoms with Gasteiger partial charge < -0.3 is 9.15 Å². The van der Waals surface area contributed by atoms with E-state index >= 15 is 0 Å². The minimum absolute atomic E-state index is 0.251. The Morgan fingerprint density at radius 3 is 2.46 bits per heavy atom. The number of benzene rings is 1.